The Hall–Kier alpha value is 1.76. The van der Waals surface area contributed by atoms with Gasteiger partial charge in [-0.15, -0.1) is 0 Å². The average Bonchev–Trinajstić information content (AvgIpc) is 2.56. The van der Waals surface area contributed by atoms with Gasteiger partial charge in [0.1, 0.15) is 0 Å². The number of hydrogen-bond acceptors (Lipinski definition) is 2. The molecule has 0 aromatic heterocycles. The quantitative estimate of drug-likeness (QED) is 0.307. The van der Waals surface area contributed by atoms with Crippen molar-refractivity contribution in [1.82, 2.24) is 0 Å². The van der Waals surface area contributed by atoms with Crippen molar-refractivity contribution in [3.05, 3.63) is 0 Å². The Labute approximate surface area is 147 Å². The van der Waals surface area contributed by atoms with Crippen LogP contribution < -0.4 is 0 Å². The Morgan fingerprint density at radius 1 is 0.773 bits per heavy atom. The second-order valence-electron chi connectivity index (χ2n) is 6.19. The molecule has 0 spiro atoms. The first-order valence-electron chi connectivity index (χ1n) is 8.91. The fourth-order valence-electron chi connectivity index (χ4n) is 4.21. The Balaban J connectivity index is 6.39. The molecule has 1 atom stereocenters. The molecule has 0 saturated heterocycles. The van der Waals surface area contributed by atoms with Gasteiger partial charge in [0.2, 0.25) is 0 Å². The average molecular weight is 547 g/mol. The summed E-state index contributed by atoms with van der Waals surface area (Å²) in [7, 11) is 11.6. The van der Waals surface area contributed by atoms with Gasteiger partial charge in [0.15, 0.2) is 0 Å². The van der Waals surface area contributed by atoms with Crippen LogP contribution in [0.15, 0.2) is 0 Å². The summed E-state index contributed by atoms with van der Waals surface area (Å²) in [5.41, 5.74) is 0. The molecular weight excluding hydrogens is 505 g/mol. The monoisotopic (exact) mass is 546 g/mol. The van der Waals surface area contributed by atoms with Crippen LogP contribution in [-0.4, -0.2) is 62.3 Å². The molecule has 140 valence electrons. The number of rotatable bonds is 12. The third-order valence-electron chi connectivity index (χ3n) is 6.05. The zero-order chi connectivity index (χ0) is 17.4. The molecule has 0 heterocycles. The van der Waals surface area contributed by atoms with E-state index in [-0.39, 0.29) is 4.49 Å². The molecule has 0 rings (SSSR count). The van der Waals surface area contributed by atoms with Crippen LogP contribution in [0.3, 0.4) is 0 Å². The van der Waals surface area contributed by atoms with E-state index in [0.717, 1.165) is 0 Å². The van der Waals surface area contributed by atoms with E-state index < -0.39 is 24.7 Å². The molecule has 0 amide bonds. The molecule has 0 saturated carbocycles. The molecule has 0 aromatic carbocycles. The molecule has 22 heavy (non-hydrogen) atoms. The topological polar surface area (TPSA) is 18.5 Å². The van der Waals surface area contributed by atoms with Crippen molar-refractivity contribution in [3.8, 4) is 0 Å². The zero-order valence-electron chi connectivity index (χ0n) is 16.1. The molecule has 0 aliphatic heterocycles. The Bertz CT molecular complexity index is 274. The van der Waals surface area contributed by atoms with E-state index in [1.165, 1.54) is 37.0 Å². The van der Waals surface area contributed by atoms with Crippen LogP contribution in [0.25, 0.3) is 0 Å². The summed E-state index contributed by atoms with van der Waals surface area (Å²) in [5.74, 6) is 0. The Kier molecular flexibility index (Phi) is 11.5. The maximum absolute atomic E-state index is 7.96. The van der Waals surface area contributed by atoms with Gasteiger partial charge in [0.25, 0.3) is 0 Å². The normalized spacial score (nSPS) is 20.2. The number of halogens is 1. The van der Waals surface area contributed by atoms with Crippen molar-refractivity contribution >= 4 is 20.1 Å². The summed E-state index contributed by atoms with van der Waals surface area (Å²) >= 11 is -3.01. The molecular formula is C16H41ClO2P2W. The molecule has 1 unspecified atom stereocenters. The Morgan fingerprint density at radius 3 is 1.27 bits per heavy atom. The van der Waals surface area contributed by atoms with Crippen LogP contribution in [0, 0.1) is 0 Å². The first-order valence-corrected chi connectivity index (χ1v) is 28.1. The van der Waals surface area contributed by atoms with Crippen molar-refractivity contribution < 1.29 is 23.5 Å². The van der Waals surface area contributed by atoms with E-state index in [2.05, 4.69) is 41.5 Å². The van der Waals surface area contributed by atoms with Gasteiger partial charge in [-0.1, -0.05) is 0 Å². The molecule has 0 aliphatic carbocycles. The van der Waals surface area contributed by atoms with Crippen molar-refractivity contribution in [3.63, 3.8) is 0 Å². The summed E-state index contributed by atoms with van der Waals surface area (Å²) in [5, 5.41) is -2.92. The summed E-state index contributed by atoms with van der Waals surface area (Å²) in [6.07, 6.45) is 7.98. The molecule has 2 nitrogen and oxygen atoms in total. The van der Waals surface area contributed by atoms with Gasteiger partial charge in [0.05, 0.1) is 0 Å². The predicted octanol–water partition coefficient (Wildman–Crippen LogP) is 5.36. The van der Waals surface area contributed by atoms with Crippen molar-refractivity contribution in [1.29, 1.82) is 0 Å². The van der Waals surface area contributed by atoms with Crippen LogP contribution in [-0.2, 0) is 23.5 Å². The first-order chi connectivity index (χ1) is 10.4. The van der Waals surface area contributed by atoms with Gasteiger partial charge in [-0.3, -0.25) is 0 Å². The number of hydrogen-bond donors (Lipinski definition) is 0. The van der Waals surface area contributed by atoms with Crippen molar-refractivity contribution in [2.45, 2.75) is 46.0 Å². The molecule has 0 bridgehead atoms. The molecule has 0 fully saturated rings. The summed E-state index contributed by atoms with van der Waals surface area (Å²) in [4.78, 5) is 0. The van der Waals surface area contributed by atoms with Gasteiger partial charge < -0.3 is 0 Å². The van der Waals surface area contributed by atoms with E-state index in [1.54, 1.807) is 7.11 Å². The van der Waals surface area contributed by atoms with Crippen molar-refractivity contribution in [2.75, 3.05) is 57.8 Å². The van der Waals surface area contributed by atoms with E-state index in [0.29, 0.717) is 6.61 Å². The van der Waals surface area contributed by atoms with E-state index >= 15 is 0 Å². The number of ether oxygens (including phenoxy) is 2. The van der Waals surface area contributed by atoms with E-state index in [4.69, 9.17) is 18.9 Å². The first kappa shape index (κ1) is 23.8. The minimum absolute atomic E-state index is 0.234. The van der Waals surface area contributed by atoms with Gasteiger partial charge in [-0.05, 0) is 0 Å². The second kappa shape index (κ2) is 10.7. The fraction of sp³-hybridized carbons (Fsp3) is 1.00. The van der Waals surface area contributed by atoms with Crippen LogP contribution >= 0.6 is 20.1 Å². The van der Waals surface area contributed by atoms with Crippen LogP contribution in [0.4, 0.5) is 0 Å². The molecule has 0 radical (unpaired) electrons. The maximum atomic E-state index is 7.96. The molecule has 6 heteroatoms. The SMILES string of the molecule is CC[PH](CC)(CC)[W]([Cl])([CH](COC)OC)[PH](CC)(CC)CC. The molecule has 0 N–H and O–H groups in total. The van der Waals surface area contributed by atoms with Crippen molar-refractivity contribution in [2.24, 2.45) is 0 Å². The Morgan fingerprint density at radius 2 is 1.09 bits per heavy atom. The molecule has 0 aromatic rings. The van der Waals surface area contributed by atoms with E-state index in [1.807, 2.05) is 7.11 Å². The summed E-state index contributed by atoms with van der Waals surface area (Å²) in [6.45, 7) is 15.2. The fourth-order valence-corrected chi connectivity index (χ4v) is 127. The van der Waals surface area contributed by atoms with Gasteiger partial charge in [-0.25, -0.2) is 0 Å². The summed E-state index contributed by atoms with van der Waals surface area (Å²) < 4.78 is 11.9. The third kappa shape index (κ3) is 3.94. The van der Waals surface area contributed by atoms with Gasteiger partial charge in [-0.2, -0.15) is 0 Å². The summed E-state index contributed by atoms with van der Waals surface area (Å²) in [6, 6.07) is 0. The standard InChI is InChI=1S/2C6H15P.C4H9O2.ClH.W/c2*1-4-7(5-2)6-3;1-5-3-4-6-2;;/h2*4-6H2,1-3H3;3H,4H2,1-2H3;1H;/q;;;;-1/p+1. The third-order valence-corrected chi connectivity index (χ3v) is 109. The zero-order valence-corrected chi connectivity index (χ0v) is 21.8. The molecule has 0 aliphatic rings. The van der Waals surface area contributed by atoms with Gasteiger partial charge in [0, 0.05) is 0 Å². The van der Waals surface area contributed by atoms with Crippen LogP contribution in [0.2, 0.25) is 0 Å². The van der Waals surface area contributed by atoms with Crippen LogP contribution in [0.1, 0.15) is 41.5 Å². The predicted molar refractivity (Wildman–Crippen MR) is 108 cm³/mol. The van der Waals surface area contributed by atoms with E-state index in [9.17, 15) is 0 Å². The van der Waals surface area contributed by atoms with Crippen LogP contribution in [0.5, 0.6) is 0 Å². The van der Waals surface area contributed by atoms with Gasteiger partial charge >= 0.3 is 147 Å². The second-order valence-corrected chi connectivity index (χ2v) is 62.0. The number of methoxy groups -OCH3 is 2. The minimum atomic E-state index is -3.01.